The molecule has 0 saturated heterocycles. The van der Waals surface area contributed by atoms with Crippen LogP contribution in [0.4, 0.5) is 13.2 Å². The van der Waals surface area contributed by atoms with Gasteiger partial charge in [-0.15, -0.1) is 0 Å². The number of hydrogen-bond donors (Lipinski definition) is 1. The van der Waals surface area contributed by atoms with Crippen LogP contribution < -0.4 is 0 Å². The first-order valence-corrected chi connectivity index (χ1v) is 4.81. The molecule has 0 saturated carbocycles. The van der Waals surface area contributed by atoms with Crippen molar-refractivity contribution in [2.24, 2.45) is 0 Å². The number of aromatic carboxylic acids is 1. The van der Waals surface area contributed by atoms with Crippen LogP contribution in [-0.2, 0) is 11.3 Å². The van der Waals surface area contributed by atoms with Crippen LogP contribution in [0.25, 0.3) is 0 Å². The number of carboxylic acid groups (broad SMARTS) is 1. The van der Waals surface area contributed by atoms with Gasteiger partial charge in [0.15, 0.2) is 6.10 Å². The van der Waals surface area contributed by atoms with Crippen molar-refractivity contribution < 1.29 is 27.8 Å². The maximum atomic E-state index is 12.1. The number of ether oxygens (including phenoxy) is 1. The topological polar surface area (TPSA) is 46.5 Å². The summed E-state index contributed by atoms with van der Waals surface area (Å²) in [5.41, 5.74) is 0.409. The quantitative estimate of drug-likeness (QED) is 0.891. The first-order valence-electron chi connectivity index (χ1n) is 4.81. The van der Waals surface area contributed by atoms with Gasteiger partial charge >= 0.3 is 12.1 Å². The van der Waals surface area contributed by atoms with Crippen LogP contribution in [0, 0.1) is 0 Å². The molecule has 0 aromatic heterocycles. The van der Waals surface area contributed by atoms with Crippen LogP contribution in [0.15, 0.2) is 24.3 Å². The van der Waals surface area contributed by atoms with Gasteiger partial charge in [-0.3, -0.25) is 0 Å². The fraction of sp³-hybridized carbons (Fsp3) is 0.364. The third-order valence-electron chi connectivity index (χ3n) is 2.13. The van der Waals surface area contributed by atoms with Gasteiger partial charge in [0.1, 0.15) is 0 Å². The van der Waals surface area contributed by atoms with Gasteiger partial charge in [0, 0.05) is 0 Å². The SMILES string of the molecule is CC(OCc1cccc(C(=O)O)c1)C(F)(F)F. The minimum absolute atomic E-state index is 0.0192. The average molecular weight is 248 g/mol. The summed E-state index contributed by atoms with van der Waals surface area (Å²) < 4.78 is 41.0. The average Bonchev–Trinajstić information content (AvgIpc) is 2.25. The Labute approximate surface area is 95.8 Å². The molecule has 1 aromatic carbocycles. The van der Waals surface area contributed by atoms with E-state index >= 15 is 0 Å². The zero-order valence-electron chi connectivity index (χ0n) is 8.99. The van der Waals surface area contributed by atoms with Crippen LogP contribution in [0.3, 0.4) is 0 Å². The summed E-state index contributed by atoms with van der Waals surface area (Å²) in [7, 11) is 0. The summed E-state index contributed by atoms with van der Waals surface area (Å²) >= 11 is 0. The van der Waals surface area contributed by atoms with Crippen LogP contribution in [-0.4, -0.2) is 23.4 Å². The Bertz CT molecular complexity index is 401. The first kappa shape index (κ1) is 13.5. The minimum Gasteiger partial charge on any atom is -0.478 e. The summed E-state index contributed by atoms with van der Waals surface area (Å²) in [5, 5.41) is 8.70. The largest absolute Gasteiger partial charge is 0.478 e. The smallest absolute Gasteiger partial charge is 0.414 e. The molecule has 17 heavy (non-hydrogen) atoms. The van der Waals surface area contributed by atoms with Crippen LogP contribution in [0.5, 0.6) is 0 Å². The van der Waals surface area contributed by atoms with Gasteiger partial charge in [-0.2, -0.15) is 13.2 Å². The lowest BCUT2D eigenvalue weighted by atomic mass is 10.1. The molecular formula is C11H11F3O3. The summed E-state index contributed by atoms with van der Waals surface area (Å²) in [6.45, 7) is 0.628. The summed E-state index contributed by atoms with van der Waals surface area (Å²) in [6.07, 6.45) is -6.29. The highest BCUT2D eigenvalue weighted by Gasteiger charge is 2.36. The second kappa shape index (κ2) is 5.18. The van der Waals surface area contributed by atoms with E-state index in [0.717, 1.165) is 6.92 Å². The van der Waals surface area contributed by atoms with Crippen molar-refractivity contribution in [1.29, 1.82) is 0 Å². The van der Waals surface area contributed by atoms with Crippen molar-refractivity contribution in [3.05, 3.63) is 35.4 Å². The van der Waals surface area contributed by atoms with Crippen LogP contribution >= 0.6 is 0 Å². The van der Waals surface area contributed by atoms with Crippen LogP contribution in [0.1, 0.15) is 22.8 Å². The highest BCUT2D eigenvalue weighted by molar-refractivity contribution is 5.87. The van der Waals surface area contributed by atoms with Crippen molar-refractivity contribution >= 4 is 5.97 Å². The van der Waals surface area contributed by atoms with E-state index < -0.39 is 18.2 Å². The number of rotatable bonds is 4. The highest BCUT2D eigenvalue weighted by atomic mass is 19.4. The van der Waals surface area contributed by atoms with E-state index in [0.29, 0.717) is 5.56 Å². The third kappa shape index (κ3) is 4.07. The number of halogens is 3. The normalized spacial score (nSPS) is 13.4. The Balaban J connectivity index is 2.64. The summed E-state index contributed by atoms with van der Waals surface area (Å²) in [6, 6.07) is 5.61. The third-order valence-corrected chi connectivity index (χ3v) is 2.13. The lowest BCUT2D eigenvalue weighted by Crippen LogP contribution is -2.28. The summed E-state index contributed by atoms with van der Waals surface area (Å²) in [4.78, 5) is 10.6. The molecule has 0 aliphatic heterocycles. The maximum Gasteiger partial charge on any atom is 0.414 e. The molecule has 1 rings (SSSR count). The second-order valence-electron chi connectivity index (χ2n) is 3.50. The number of alkyl halides is 3. The van der Waals surface area contributed by atoms with Crippen molar-refractivity contribution in [2.75, 3.05) is 0 Å². The van der Waals surface area contributed by atoms with E-state index in [1.165, 1.54) is 24.3 Å². The Morgan fingerprint density at radius 2 is 2.12 bits per heavy atom. The molecule has 0 aliphatic rings. The highest BCUT2D eigenvalue weighted by Crippen LogP contribution is 2.23. The summed E-state index contributed by atoms with van der Waals surface area (Å²) in [5.74, 6) is -1.13. The Kier molecular flexibility index (Phi) is 4.11. The standard InChI is InChI=1S/C11H11F3O3/c1-7(11(12,13)14)17-6-8-3-2-4-9(5-8)10(15)16/h2-5,7H,6H2,1H3,(H,15,16). The molecule has 0 amide bonds. The lowest BCUT2D eigenvalue weighted by molar-refractivity contribution is -0.217. The van der Waals surface area contributed by atoms with Gasteiger partial charge in [-0.1, -0.05) is 12.1 Å². The number of benzene rings is 1. The van der Waals surface area contributed by atoms with Gasteiger partial charge in [-0.25, -0.2) is 4.79 Å². The van der Waals surface area contributed by atoms with Crippen LogP contribution in [0.2, 0.25) is 0 Å². The molecule has 1 N–H and O–H groups in total. The van der Waals surface area contributed by atoms with Crippen molar-refractivity contribution in [1.82, 2.24) is 0 Å². The number of carbonyl (C=O) groups is 1. The number of carboxylic acids is 1. The minimum atomic E-state index is -4.41. The van der Waals surface area contributed by atoms with Crippen molar-refractivity contribution in [2.45, 2.75) is 25.8 Å². The first-order chi connectivity index (χ1) is 7.80. The number of hydrogen-bond acceptors (Lipinski definition) is 2. The molecule has 0 bridgehead atoms. The monoisotopic (exact) mass is 248 g/mol. The van der Waals surface area contributed by atoms with Gasteiger partial charge < -0.3 is 9.84 Å². The Morgan fingerprint density at radius 1 is 1.47 bits per heavy atom. The zero-order valence-corrected chi connectivity index (χ0v) is 8.99. The predicted octanol–water partition coefficient (Wildman–Crippen LogP) is 2.85. The van der Waals surface area contributed by atoms with Gasteiger partial charge in [0.25, 0.3) is 0 Å². The molecule has 0 heterocycles. The zero-order chi connectivity index (χ0) is 13.1. The van der Waals surface area contributed by atoms with Crippen molar-refractivity contribution in [3.8, 4) is 0 Å². The second-order valence-corrected chi connectivity index (χ2v) is 3.50. The van der Waals surface area contributed by atoms with E-state index in [9.17, 15) is 18.0 Å². The fourth-order valence-electron chi connectivity index (χ4n) is 1.11. The molecule has 0 radical (unpaired) electrons. The maximum absolute atomic E-state index is 12.1. The van der Waals surface area contributed by atoms with E-state index in [4.69, 9.17) is 5.11 Å². The van der Waals surface area contributed by atoms with Crippen molar-refractivity contribution in [3.63, 3.8) is 0 Å². The molecule has 0 fully saturated rings. The van der Waals surface area contributed by atoms with Gasteiger partial charge in [0.2, 0.25) is 0 Å². The van der Waals surface area contributed by atoms with Gasteiger partial charge in [-0.05, 0) is 24.6 Å². The Morgan fingerprint density at radius 3 is 2.65 bits per heavy atom. The molecule has 3 nitrogen and oxygen atoms in total. The predicted molar refractivity (Wildman–Crippen MR) is 53.7 cm³/mol. The molecule has 0 aliphatic carbocycles. The molecular weight excluding hydrogens is 237 g/mol. The van der Waals surface area contributed by atoms with E-state index in [1.54, 1.807) is 0 Å². The lowest BCUT2D eigenvalue weighted by Gasteiger charge is -2.16. The molecule has 94 valence electrons. The molecule has 1 aromatic rings. The fourth-order valence-corrected chi connectivity index (χ4v) is 1.11. The van der Waals surface area contributed by atoms with E-state index in [1.807, 2.05) is 0 Å². The molecule has 6 heteroatoms. The van der Waals surface area contributed by atoms with E-state index in [2.05, 4.69) is 4.74 Å². The Hall–Kier alpha value is -1.56. The molecule has 0 spiro atoms. The van der Waals surface area contributed by atoms with Gasteiger partial charge in [0.05, 0.1) is 12.2 Å². The molecule has 1 unspecified atom stereocenters. The van der Waals surface area contributed by atoms with E-state index in [-0.39, 0.29) is 12.2 Å². The molecule has 1 atom stereocenters.